The highest BCUT2D eigenvalue weighted by Gasteiger charge is 2.35. The van der Waals surface area contributed by atoms with Crippen molar-refractivity contribution in [1.82, 2.24) is 0 Å². The lowest BCUT2D eigenvalue weighted by atomic mass is 10.1. The van der Waals surface area contributed by atoms with Crippen molar-refractivity contribution in [3.8, 4) is 5.75 Å². The minimum atomic E-state index is -0.139. The molecule has 0 unspecified atom stereocenters. The van der Waals surface area contributed by atoms with Gasteiger partial charge in [0.25, 0.3) is 5.91 Å². The van der Waals surface area contributed by atoms with Crippen molar-refractivity contribution in [3.63, 3.8) is 0 Å². The minimum absolute atomic E-state index is 0.0376. The first kappa shape index (κ1) is 16.0. The number of benzene rings is 2. The number of hydrogen-bond donors (Lipinski definition) is 1. The number of hydrogen-bond acceptors (Lipinski definition) is 4. The van der Waals surface area contributed by atoms with Crippen LogP contribution in [0.3, 0.4) is 0 Å². The van der Waals surface area contributed by atoms with Gasteiger partial charge in [0.15, 0.2) is 0 Å². The second kappa shape index (κ2) is 6.76. The summed E-state index contributed by atoms with van der Waals surface area (Å²) in [5.74, 6) is -0.102. The molecule has 2 aromatic rings. The Balaban J connectivity index is 1.60. The van der Waals surface area contributed by atoms with Gasteiger partial charge in [0.2, 0.25) is 0 Å². The molecule has 4 rings (SSSR count). The number of carbonyl (C=O) groups is 1. The number of aromatic hydroxyl groups is 1. The van der Waals surface area contributed by atoms with E-state index in [1.807, 2.05) is 41.3 Å². The number of morpholine rings is 1. The number of amides is 1. The molecule has 130 valence electrons. The van der Waals surface area contributed by atoms with Gasteiger partial charge in [-0.15, -0.1) is 0 Å². The molecule has 25 heavy (non-hydrogen) atoms. The molecular weight excluding hydrogens is 316 g/mol. The second-order valence-electron chi connectivity index (χ2n) is 6.54. The Bertz CT molecular complexity index is 753. The second-order valence-corrected chi connectivity index (χ2v) is 6.54. The van der Waals surface area contributed by atoms with Gasteiger partial charge >= 0.3 is 0 Å². The Morgan fingerprint density at radius 1 is 1.08 bits per heavy atom. The van der Waals surface area contributed by atoms with E-state index in [1.165, 1.54) is 0 Å². The lowest BCUT2D eigenvalue weighted by Crippen LogP contribution is -2.36. The fourth-order valence-corrected chi connectivity index (χ4v) is 3.26. The SMILES string of the molecule is O=C(c1ccc(N2CCOCC2)cc1O)N(c1ccccc1)C1CC1. The van der Waals surface area contributed by atoms with E-state index in [4.69, 9.17) is 4.74 Å². The Morgan fingerprint density at radius 2 is 1.80 bits per heavy atom. The highest BCUT2D eigenvalue weighted by molar-refractivity contribution is 6.08. The van der Waals surface area contributed by atoms with Crippen molar-refractivity contribution >= 4 is 17.3 Å². The molecule has 1 aliphatic carbocycles. The summed E-state index contributed by atoms with van der Waals surface area (Å²) >= 11 is 0. The molecular formula is C20H22N2O3. The average molecular weight is 338 g/mol. The predicted molar refractivity (Wildman–Crippen MR) is 97.4 cm³/mol. The first-order valence-electron chi connectivity index (χ1n) is 8.78. The Kier molecular flexibility index (Phi) is 4.32. The molecule has 1 saturated heterocycles. The van der Waals surface area contributed by atoms with Gasteiger partial charge < -0.3 is 19.6 Å². The summed E-state index contributed by atoms with van der Waals surface area (Å²) < 4.78 is 5.36. The number of carbonyl (C=O) groups excluding carboxylic acids is 1. The number of nitrogens with zero attached hydrogens (tertiary/aromatic N) is 2. The monoisotopic (exact) mass is 338 g/mol. The zero-order valence-electron chi connectivity index (χ0n) is 14.1. The number of phenols is 1. The zero-order chi connectivity index (χ0) is 17.2. The zero-order valence-corrected chi connectivity index (χ0v) is 14.1. The van der Waals surface area contributed by atoms with Gasteiger partial charge in [-0.1, -0.05) is 18.2 Å². The number of ether oxygens (including phenoxy) is 1. The summed E-state index contributed by atoms with van der Waals surface area (Å²) in [5.41, 5.74) is 2.16. The molecule has 1 N–H and O–H groups in total. The predicted octanol–water partition coefficient (Wildman–Crippen LogP) is 3.04. The van der Waals surface area contributed by atoms with Crippen LogP contribution in [0.2, 0.25) is 0 Å². The van der Waals surface area contributed by atoms with E-state index in [-0.39, 0.29) is 17.7 Å². The summed E-state index contributed by atoms with van der Waals surface area (Å²) in [6, 6.07) is 15.2. The van der Waals surface area contributed by atoms with Crippen LogP contribution in [-0.4, -0.2) is 43.4 Å². The van der Waals surface area contributed by atoms with E-state index < -0.39 is 0 Å². The normalized spacial score (nSPS) is 17.4. The van der Waals surface area contributed by atoms with Crippen LogP contribution in [0.4, 0.5) is 11.4 Å². The summed E-state index contributed by atoms with van der Waals surface area (Å²) in [7, 11) is 0. The lowest BCUT2D eigenvalue weighted by Gasteiger charge is -2.29. The average Bonchev–Trinajstić information content (AvgIpc) is 3.48. The van der Waals surface area contributed by atoms with Crippen LogP contribution in [0, 0.1) is 0 Å². The van der Waals surface area contributed by atoms with Gasteiger partial charge in [-0.2, -0.15) is 0 Å². The molecule has 2 aliphatic rings. The van der Waals surface area contributed by atoms with Crippen molar-refractivity contribution in [1.29, 1.82) is 0 Å². The third kappa shape index (κ3) is 3.33. The molecule has 2 fully saturated rings. The molecule has 1 heterocycles. The first-order chi connectivity index (χ1) is 12.2. The van der Waals surface area contributed by atoms with E-state index in [0.29, 0.717) is 18.8 Å². The van der Waals surface area contributed by atoms with Gasteiger partial charge in [-0.3, -0.25) is 4.79 Å². The molecule has 1 aliphatic heterocycles. The van der Waals surface area contributed by atoms with Crippen LogP contribution in [0.15, 0.2) is 48.5 Å². The minimum Gasteiger partial charge on any atom is -0.507 e. The maximum Gasteiger partial charge on any atom is 0.262 e. The van der Waals surface area contributed by atoms with Crippen molar-refractivity contribution in [2.75, 3.05) is 36.1 Å². The van der Waals surface area contributed by atoms with Gasteiger partial charge in [-0.05, 0) is 37.1 Å². The molecule has 1 saturated carbocycles. The molecule has 5 nitrogen and oxygen atoms in total. The van der Waals surface area contributed by atoms with Crippen molar-refractivity contribution < 1.29 is 14.6 Å². The fourth-order valence-electron chi connectivity index (χ4n) is 3.26. The van der Waals surface area contributed by atoms with Crippen molar-refractivity contribution in [2.45, 2.75) is 18.9 Å². The van der Waals surface area contributed by atoms with Crippen LogP contribution in [0.5, 0.6) is 5.75 Å². The van der Waals surface area contributed by atoms with Gasteiger partial charge in [-0.25, -0.2) is 0 Å². The third-order valence-corrected chi connectivity index (χ3v) is 4.75. The highest BCUT2D eigenvalue weighted by Crippen LogP contribution is 2.35. The summed E-state index contributed by atoms with van der Waals surface area (Å²) in [6.45, 7) is 2.96. The maximum absolute atomic E-state index is 13.1. The summed E-state index contributed by atoms with van der Waals surface area (Å²) in [4.78, 5) is 17.0. The molecule has 0 aromatic heterocycles. The van der Waals surface area contributed by atoms with Gasteiger partial charge in [0.1, 0.15) is 5.75 Å². The van der Waals surface area contributed by atoms with Gasteiger partial charge in [0.05, 0.1) is 18.8 Å². The quantitative estimate of drug-likeness (QED) is 0.931. The lowest BCUT2D eigenvalue weighted by molar-refractivity contribution is 0.0982. The number of phenolic OH excluding ortho intramolecular Hbond substituents is 1. The Morgan fingerprint density at radius 3 is 2.44 bits per heavy atom. The summed E-state index contributed by atoms with van der Waals surface area (Å²) in [6.07, 6.45) is 2.01. The van der Waals surface area contributed by atoms with E-state index in [9.17, 15) is 9.90 Å². The van der Waals surface area contributed by atoms with Crippen LogP contribution in [-0.2, 0) is 4.74 Å². The molecule has 0 spiro atoms. The number of rotatable bonds is 4. The standard InChI is InChI=1S/C20H22N2O3/c23-19-14-17(21-10-12-25-13-11-21)8-9-18(19)20(24)22(16-6-7-16)15-4-2-1-3-5-15/h1-5,8-9,14,16,23H,6-7,10-13H2. The Hall–Kier alpha value is -2.53. The molecule has 0 bridgehead atoms. The topological polar surface area (TPSA) is 53.0 Å². The largest absolute Gasteiger partial charge is 0.507 e. The smallest absolute Gasteiger partial charge is 0.262 e. The van der Waals surface area contributed by atoms with Crippen LogP contribution in [0.25, 0.3) is 0 Å². The maximum atomic E-state index is 13.1. The Labute approximate surface area is 147 Å². The first-order valence-corrected chi connectivity index (χ1v) is 8.78. The van der Waals surface area contributed by atoms with Crippen LogP contribution in [0.1, 0.15) is 23.2 Å². The van der Waals surface area contributed by atoms with Crippen molar-refractivity contribution in [3.05, 3.63) is 54.1 Å². The highest BCUT2D eigenvalue weighted by atomic mass is 16.5. The van der Waals surface area contributed by atoms with Crippen LogP contribution < -0.4 is 9.80 Å². The third-order valence-electron chi connectivity index (χ3n) is 4.75. The van der Waals surface area contributed by atoms with Crippen molar-refractivity contribution in [2.24, 2.45) is 0 Å². The molecule has 5 heteroatoms. The molecule has 0 radical (unpaired) electrons. The number of para-hydroxylation sites is 1. The molecule has 2 aromatic carbocycles. The summed E-state index contributed by atoms with van der Waals surface area (Å²) in [5, 5.41) is 10.5. The van der Waals surface area contributed by atoms with Gasteiger partial charge in [0, 0.05) is 36.6 Å². The molecule has 0 atom stereocenters. The van der Waals surface area contributed by atoms with E-state index >= 15 is 0 Å². The van der Waals surface area contributed by atoms with E-state index in [0.717, 1.165) is 37.3 Å². The van der Waals surface area contributed by atoms with E-state index in [2.05, 4.69) is 4.90 Å². The number of anilines is 2. The van der Waals surface area contributed by atoms with E-state index in [1.54, 1.807) is 12.1 Å². The molecule has 1 amide bonds. The fraction of sp³-hybridized carbons (Fsp3) is 0.350. The van der Waals surface area contributed by atoms with Crippen LogP contribution >= 0.6 is 0 Å².